The molecule has 1 N–H and O–H groups in total. The smallest absolute Gasteiger partial charge is 0.229 e. The van der Waals surface area contributed by atoms with Crippen LogP contribution in [0.25, 0.3) is 0 Å². The molecule has 3 nitrogen and oxygen atoms in total. The minimum absolute atomic E-state index is 0.102. The molecule has 1 amide bonds. The Morgan fingerprint density at radius 3 is 2.95 bits per heavy atom. The highest BCUT2D eigenvalue weighted by molar-refractivity contribution is 7.16. The maximum absolute atomic E-state index is 13.1. The number of thiophene rings is 1. The average molecular weight is 314 g/mol. The number of benzene rings is 1. The lowest BCUT2D eigenvalue weighted by Crippen LogP contribution is -2.14. The highest BCUT2D eigenvalue weighted by atomic mass is 32.1. The Morgan fingerprint density at radius 2 is 2.18 bits per heavy atom. The summed E-state index contributed by atoms with van der Waals surface area (Å²) >= 11 is 1.50. The van der Waals surface area contributed by atoms with Gasteiger partial charge in [0.15, 0.2) is 0 Å². The van der Waals surface area contributed by atoms with Gasteiger partial charge in [0, 0.05) is 4.88 Å². The molecule has 1 aromatic heterocycles. The Labute approximate surface area is 132 Å². The van der Waals surface area contributed by atoms with E-state index in [0.29, 0.717) is 16.1 Å². The van der Waals surface area contributed by atoms with Crippen molar-refractivity contribution in [2.45, 2.75) is 32.1 Å². The number of rotatable bonds is 3. The molecule has 1 aliphatic carbocycles. The Morgan fingerprint density at radius 1 is 1.36 bits per heavy atom. The molecule has 5 heteroatoms. The Hall–Kier alpha value is -2.19. The highest BCUT2D eigenvalue weighted by Crippen LogP contribution is 2.37. The van der Waals surface area contributed by atoms with Crippen LogP contribution in [0, 0.1) is 17.1 Å². The van der Waals surface area contributed by atoms with E-state index < -0.39 is 0 Å². The summed E-state index contributed by atoms with van der Waals surface area (Å²) < 4.78 is 13.1. The van der Waals surface area contributed by atoms with Crippen molar-refractivity contribution in [2.24, 2.45) is 0 Å². The molecule has 0 saturated heterocycles. The van der Waals surface area contributed by atoms with Crippen LogP contribution < -0.4 is 5.32 Å². The summed E-state index contributed by atoms with van der Waals surface area (Å²) in [4.78, 5) is 13.3. The number of carbonyl (C=O) groups excluding carboxylic acids is 1. The van der Waals surface area contributed by atoms with Crippen molar-refractivity contribution in [3.8, 4) is 6.07 Å². The van der Waals surface area contributed by atoms with Crippen molar-refractivity contribution >= 4 is 22.2 Å². The number of halogens is 1. The number of hydrogen-bond donors (Lipinski definition) is 1. The molecule has 0 radical (unpaired) electrons. The van der Waals surface area contributed by atoms with Crippen LogP contribution in [0.1, 0.15) is 34.4 Å². The Balaban J connectivity index is 1.77. The van der Waals surface area contributed by atoms with Gasteiger partial charge in [-0.3, -0.25) is 4.79 Å². The van der Waals surface area contributed by atoms with Crippen molar-refractivity contribution in [3.05, 3.63) is 51.7 Å². The largest absolute Gasteiger partial charge is 0.316 e. The van der Waals surface area contributed by atoms with Crippen LogP contribution in [-0.4, -0.2) is 5.91 Å². The fourth-order valence-corrected chi connectivity index (χ4v) is 4.03. The van der Waals surface area contributed by atoms with Gasteiger partial charge in [0.2, 0.25) is 5.91 Å². The molecule has 0 saturated carbocycles. The fourth-order valence-electron chi connectivity index (χ4n) is 2.78. The highest BCUT2D eigenvalue weighted by Gasteiger charge is 2.21. The summed E-state index contributed by atoms with van der Waals surface area (Å²) in [6, 6.07) is 8.22. The molecule has 0 bridgehead atoms. The van der Waals surface area contributed by atoms with Crippen molar-refractivity contribution in [1.29, 1.82) is 5.26 Å². The number of aryl methyl sites for hydroxylation is 1. The number of nitriles is 1. The minimum atomic E-state index is -0.352. The van der Waals surface area contributed by atoms with Crippen LogP contribution in [0.4, 0.5) is 9.39 Å². The molecule has 1 aliphatic rings. The molecule has 2 aromatic rings. The Kier molecular flexibility index (Phi) is 4.21. The third-order valence-electron chi connectivity index (χ3n) is 3.79. The second-order valence-corrected chi connectivity index (χ2v) is 6.49. The maximum Gasteiger partial charge on any atom is 0.229 e. The van der Waals surface area contributed by atoms with Gasteiger partial charge in [0.1, 0.15) is 16.9 Å². The molecule has 22 heavy (non-hydrogen) atoms. The molecule has 0 aliphatic heterocycles. The monoisotopic (exact) mass is 314 g/mol. The molecule has 0 atom stereocenters. The molecule has 0 fully saturated rings. The molecule has 1 aromatic carbocycles. The summed E-state index contributed by atoms with van der Waals surface area (Å²) in [7, 11) is 0. The van der Waals surface area contributed by atoms with E-state index in [1.807, 2.05) is 0 Å². The van der Waals surface area contributed by atoms with E-state index in [9.17, 15) is 14.4 Å². The van der Waals surface area contributed by atoms with Crippen molar-refractivity contribution in [3.63, 3.8) is 0 Å². The molecule has 0 spiro atoms. The van der Waals surface area contributed by atoms with Gasteiger partial charge in [0.05, 0.1) is 12.0 Å². The molecular formula is C17H15FN2OS. The SMILES string of the molecule is N#Cc1c(NC(=O)Cc2cccc(F)c2)sc2c1CCCC2. The lowest BCUT2D eigenvalue weighted by atomic mass is 9.96. The van der Waals surface area contributed by atoms with E-state index in [2.05, 4.69) is 11.4 Å². The van der Waals surface area contributed by atoms with Crippen molar-refractivity contribution in [2.75, 3.05) is 5.32 Å². The number of carbonyl (C=O) groups is 1. The standard InChI is InChI=1S/C17H15FN2OS/c18-12-5-3-4-11(8-12)9-16(21)20-17-14(10-19)13-6-1-2-7-15(13)22-17/h3-5,8H,1-2,6-7,9H2,(H,20,21). The fraction of sp³-hybridized carbons (Fsp3) is 0.294. The lowest BCUT2D eigenvalue weighted by molar-refractivity contribution is -0.115. The molecule has 112 valence electrons. The van der Waals surface area contributed by atoms with Gasteiger partial charge in [-0.15, -0.1) is 11.3 Å². The quantitative estimate of drug-likeness (QED) is 0.936. The predicted octanol–water partition coefficient (Wildman–Crippen LogP) is 3.82. The predicted molar refractivity (Wildman–Crippen MR) is 84.4 cm³/mol. The summed E-state index contributed by atoms with van der Waals surface area (Å²) in [5.74, 6) is -0.574. The average Bonchev–Trinajstić information content (AvgIpc) is 2.83. The van der Waals surface area contributed by atoms with Crippen LogP contribution in [0.5, 0.6) is 0 Å². The summed E-state index contributed by atoms with van der Waals surface area (Å²) in [6.07, 6.45) is 4.22. The van der Waals surface area contributed by atoms with Crippen LogP contribution >= 0.6 is 11.3 Å². The van der Waals surface area contributed by atoms with Crippen molar-refractivity contribution < 1.29 is 9.18 Å². The van der Waals surface area contributed by atoms with E-state index in [-0.39, 0.29) is 18.1 Å². The summed E-state index contributed by atoms with van der Waals surface area (Å²) in [5.41, 5.74) is 2.32. The normalized spacial score (nSPS) is 13.3. The zero-order valence-corrected chi connectivity index (χ0v) is 12.8. The zero-order chi connectivity index (χ0) is 15.5. The number of anilines is 1. The minimum Gasteiger partial charge on any atom is -0.316 e. The third kappa shape index (κ3) is 3.02. The van der Waals surface area contributed by atoms with Gasteiger partial charge >= 0.3 is 0 Å². The first-order chi connectivity index (χ1) is 10.7. The maximum atomic E-state index is 13.1. The van der Waals surface area contributed by atoms with Gasteiger partial charge in [-0.1, -0.05) is 12.1 Å². The molecule has 0 unspecified atom stereocenters. The van der Waals surface area contributed by atoms with Crippen LogP contribution in [0.2, 0.25) is 0 Å². The molecular weight excluding hydrogens is 299 g/mol. The van der Waals surface area contributed by atoms with E-state index in [1.165, 1.54) is 28.3 Å². The third-order valence-corrected chi connectivity index (χ3v) is 5.00. The van der Waals surface area contributed by atoms with E-state index in [0.717, 1.165) is 31.2 Å². The second kappa shape index (κ2) is 6.29. The van der Waals surface area contributed by atoms with Gasteiger partial charge in [-0.25, -0.2) is 4.39 Å². The van der Waals surface area contributed by atoms with Gasteiger partial charge in [0.25, 0.3) is 0 Å². The van der Waals surface area contributed by atoms with Crippen molar-refractivity contribution in [1.82, 2.24) is 0 Å². The number of nitrogens with one attached hydrogen (secondary N) is 1. The van der Waals surface area contributed by atoms with E-state index in [1.54, 1.807) is 12.1 Å². The van der Waals surface area contributed by atoms with Crippen LogP contribution in [-0.2, 0) is 24.1 Å². The topological polar surface area (TPSA) is 52.9 Å². The lowest BCUT2D eigenvalue weighted by Gasteiger charge is -2.09. The number of nitrogens with zero attached hydrogens (tertiary/aromatic N) is 1. The summed E-state index contributed by atoms with van der Waals surface area (Å²) in [6.45, 7) is 0. The first-order valence-electron chi connectivity index (χ1n) is 7.26. The number of hydrogen-bond acceptors (Lipinski definition) is 3. The molecule has 3 rings (SSSR count). The van der Waals surface area contributed by atoms with Crippen LogP contribution in [0.3, 0.4) is 0 Å². The van der Waals surface area contributed by atoms with Gasteiger partial charge in [-0.2, -0.15) is 5.26 Å². The van der Waals surface area contributed by atoms with E-state index >= 15 is 0 Å². The number of fused-ring (bicyclic) bond motifs is 1. The zero-order valence-electron chi connectivity index (χ0n) is 12.0. The Bertz CT molecular complexity index is 761. The number of amides is 1. The van der Waals surface area contributed by atoms with E-state index in [4.69, 9.17) is 0 Å². The first-order valence-corrected chi connectivity index (χ1v) is 8.08. The second-order valence-electron chi connectivity index (χ2n) is 5.38. The first kappa shape index (κ1) is 14.7. The summed E-state index contributed by atoms with van der Waals surface area (Å²) in [5, 5.41) is 12.8. The van der Waals surface area contributed by atoms with Crippen LogP contribution in [0.15, 0.2) is 24.3 Å². The molecule has 1 heterocycles. The van der Waals surface area contributed by atoms with Gasteiger partial charge < -0.3 is 5.32 Å². The van der Waals surface area contributed by atoms with Gasteiger partial charge in [-0.05, 0) is 48.9 Å².